The molecule has 0 aromatic heterocycles. The van der Waals surface area contributed by atoms with Crippen LogP contribution in [0.15, 0.2) is 22.8 Å². The molecule has 3 rings (SSSR count). The van der Waals surface area contributed by atoms with Gasteiger partial charge in [0.15, 0.2) is 5.78 Å². The van der Waals surface area contributed by atoms with E-state index in [9.17, 15) is 9.59 Å². The maximum Gasteiger partial charge on any atom is 0.337 e. The quantitative estimate of drug-likeness (QED) is 0.546. The number of hydrogen-bond donors (Lipinski definition) is 0. The average Bonchev–Trinajstić information content (AvgIpc) is 2.84. The highest BCUT2D eigenvalue weighted by Crippen LogP contribution is 2.46. The fraction of sp³-hybridized carbons (Fsp3) is 0.625. The summed E-state index contributed by atoms with van der Waals surface area (Å²) in [5, 5.41) is 0. The predicted octanol–water partition coefficient (Wildman–Crippen LogP) is 1.92. The van der Waals surface area contributed by atoms with Crippen LogP contribution in [0.25, 0.3) is 0 Å². The molecule has 0 unspecified atom stereocenters. The molecule has 0 amide bonds. The van der Waals surface area contributed by atoms with E-state index in [1.807, 2.05) is 13.8 Å². The Morgan fingerprint density at radius 2 is 2.05 bits per heavy atom. The SMILES string of the molecule is CO[C@H]1C[C@H](C)CC(=O)C2=C(C)C(=O)O[C@@]23C=C(C)[C@H]1O3. The molecule has 5 heteroatoms. The highest BCUT2D eigenvalue weighted by Gasteiger charge is 2.55. The van der Waals surface area contributed by atoms with Crippen LogP contribution in [0.2, 0.25) is 0 Å². The summed E-state index contributed by atoms with van der Waals surface area (Å²) < 4.78 is 17.0. The Kier molecular flexibility index (Phi) is 3.30. The molecule has 0 aromatic rings. The summed E-state index contributed by atoms with van der Waals surface area (Å²) in [6, 6.07) is 0. The Hall–Kier alpha value is -1.46. The third-order valence-electron chi connectivity index (χ3n) is 4.53. The summed E-state index contributed by atoms with van der Waals surface area (Å²) in [4.78, 5) is 24.6. The number of Topliss-reactive ketones (excluding diaryl/α,β-unsaturated/α-hetero) is 1. The van der Waals surface area contributed by atoms with Crippen LogP contribution in [0.1, 0.15) is 33.6 Å². The standard InChI is InChI=1S/C16H20O5/c1-8-5-11(17)13-10(3)15(18)21-16(13)7-9(2)14(20-16)12(6-8)19-4/h7-8,12,14H,5-6H2,1-4H3/t8-,12+,14-,16+/m1/s1. The van der Waals surface area contributed by atoms with E-state index in [1.165, 1.54) is 0 Å². The van der Waals surface area contributed by atoms with Gasteiger partial charge in [0.2, 0.25) is 0 Å². The van der Waals surface area contributed by atoms with Crippen molar-refractivity contribution in [3.8, 4) is 0 Å². The maximum absolute atomic E-state index is 12.6. The van der Waals surface area contributed by atoms with Gasteiger partial charge in [-0.1, -0.05) is 6.92 Å². The second-order valence-corrected chi connectivity index (χ2v) is 6.23. The Balaban J connectivity index is 2.13. The molecule has 4 atom stereocenters. The molecular formula is C16H20O5. The molecule has 1 spiro atoms. The fourth-order valence-electron chi connectivity index (χ4n) is 3.53. The van der Waals surface area contributed by atoms with Gasteiger partial charge < -0.3 is 14.2 Å². The van der Waals surface area contributed by atoms with E-state index in [4.69, 9.17) is 14.2 Å². The van der Waals surface area contributed by atoms with E-state index in [0.717, 1.165) is 12.0 Å². The van der Waals surface area contributed by atoms with Gasteiger partial charge in [0.1, 0.15) is 6.10 Å². The van der Waals surface area contributed by atoms with E-state index in [-0.39, 0.29) is 23.9 Å². The molecule has 0 aromatic carbocycles. The van der Waals surface area contributed by atoms with Gasteiger partial charge in [0, 0.05) is 19.1 Å². The molecule has 0 saturated carbocycles. The number of carbonyl (C=O) groups is 2. The lowest BCUT2D eigenvalue weighted by molar-refractivity contribution is -0.197. The lowest BCUT2D eigenvalue weighted by Gasteiger charge is -2.28. The summed E-state index contributed by atoms with van der Waals surface area (Å²) >= 11 is 0. The summed E-state index contributed by atoms with van der Waals surface area (Å²) in [5.41, 5.74) is 1.65. The topological polar surface area (TPSA) is 61.8 Å². The zero-order valence-corrected chi connectivity index (χ0v) is 12.8. The van der Waals surface area contributed by atoms with Crippen LogP contribution in [0.3, 0.4) is 0 Å². The van der Waals surface area contributed by atoms with Gasteiger partial charge in [0.05, 0.1) is 11.7 Å². The van der Waals surface area contributed by atoms with E-state index in [2.05, 4.69) is 0 Å². The predicted molar refractivity (Wildman–Crippen MR) is 74.4 cm³/mol. The lowest BCUT2D eigenvalue weighted by atomic mass is 9.87. The molecule has 0 aliphatic carbocycles. The smallest absolute Gasteiger partial charge is 0.337 e. The van der Waals surface area contributed by atoms with Crippen molar-refractivity contribution in [1.29, 1.82) is 0 Å². The van der Waals surface area contributed by atoms with Crippen molar-refractivity contribution < 1.29 is 23.8 Å². The number of methoxy groups -OCH3 is 1. The van der Waals surface area contributed by atoms with Gasteiger partial charge >= 0.3 is 5.97 Å². The van der Waals surface area contributed by atoms with Gasteiger partial charge in [-0.15, -0.1) is 0 Å². The summed E-state index contributed by atoms with van der Waals surface area (Å²) in [5.74, 6) is -1.74. The van der Waals surface area contributed by atoms with Crippen molar-refractivity contribution >= 4 is 11.8 Å². The molecular weight excluding hydrogens is 272 g/mol. The van der Waals surface area contributed by atoms with Crippen molar-refractivity contribution in [1.82, 2.24) is 0 Å². The monoisotopic (exact) mass is 292 g/mol. The number of carbonyl (C=O) groups excluding carboxylic acids is 2. The Labute approximate surface area is 123 Å². The van der Waals surface area contributed by atoms with Crippen molar-refractivity contribution in [2.75, 3.05) is 7.11 Å². The Morgan fingerprint density at radius 1 is 1.33 bits per heavy atom. The number of fused-ring (bicyclic) bond motifs is 1. The molecule has 1 saturated heterocycles. The van der Waals surface area contributed by atoms with Crippen LogP contribution in [0.4, 0.5) is 0 Å². The number of hydrogen-bond acceptors (Lipinski definition) is 5. The summed E-state index contributed by atoms with van der Waals surface area (Å²) in [6.45, 7) is 5.56. The van der Waals surface area contributed by atoms with Crippen LogP contribution in [-0.4, -0.2) is 36.9 Å². The van der Waals surface area contributed by atoms with E-state index < -0.39 is 11.8 Å². The number of esters is 1. The van der Waals surface area contributed by atoms with Gasteiger partial charge in [-0.2, -0.15) is 0 Å². The van der Waals surface area contributed by atoms with Crippen molar-refractivity contribution in [3.05, 3.63) is 22.8 Å². The fourth-order valence-corrected chi connectivity index (χ4v) is 3.53. The zero-order chi connectivity index (χ0) is 15.4. The van der Waals surface area contributed by atoms with E-state index in [0.29, 0.717) is 17.6 Å². The van der Waals surface area contributed by atoms with Crippen LogP contribution in [-0.2, 0) is 23.8 Å². The molecule has 5 nitrogen and oxygen atoms in total. The molecule has 21 heavy (non-hydrogen) atoms. The molecule has 3 aliphatic rings. The van der Waals surface area contributed by atoms with Crippen molar-refractivity contribution in [3.63, 3.8) is 0 Å². The minimum Gasteiger partial charge on any atom is -0.421 e. The van der Waals surface area contributed by atoms with Crippen LogP contribution in [0, 0.1) is 5.92 Å². The molecule has 2 bridgehead atoms. The maximum atomic E-state index is 12.6. The minimum atomic E-state index is -1.34. The molecule has 1 fully saturated rings. The first-order valence-corrected chi connectivity index (χ1v) is 7.26. The van der Waals surface area contributed by atoms with Crippen LogP contribution >= 0.6 is 0 Å². The first-order chi connectivity index (χ1) is 9.88. The lowest BCUT2D eigenvalue weighted by Crippen LogP contribution is -2.38. The molecule has 0 radical (unpaired) electrons. The van der Waals surface area contributed by atoms with Gasteiger partial charge in [0.25, 0.3) is 5.79 Å². The Bertz CT molecular complexity index is 573. The zero-order valence-electron chi connectivity index (χ0n) is 12.8. The first-order valence-electron chi connectivity index (χ1n) is 7.26. The van der Waals surface area contributed by atoms with Crippen LogP contribution < -0.4 is 0 Å². The third-order valence-corrected chi connectivity index (χ3v) is 4.53. The first kappa shape index (κ1) is 14.5. The van der Waals surface area contributed by atoms with E-state index in [1.54, 1.807) is 20.1 Å². The van der Waals surface area contributed by atoms with Gasteiger partial charge in [-0.05, 0) is 37.8 Å². The van der Waals surface area contributed by atoms with Gasteiger partial charge in [-0.25, -0.2) is 4.79 Å². The third kappa shape index (κ3) is 2.07. The molecule has 114 valence electrons. The second-order valence-electron chi connectivity index (χ2n) is 6.23. The molecule has 0 N–H and O–H groups in total. The van der Waals surface area contributed by atoms with Crippen molar-refractivity contribution in [2.45, 2.75) is 51.6 Å². The minimum absolute atomic E-state index is 0.0766. The molecule has 3 aliphatic heterocycles. The highest BCUT2D eigenvalue weighted by atomic mass is 16.7. The molecule has 3 heterocycles. The average molecular weight is 292 g/mol. The Morgan fingerprint density at radius 3 is 2.71 bits per heavy atom. The summed E-state index contributed by atoms with van der Waals surface area (Å²) in [6.07, 6.45) is 2.41. The highest BCUT2D eigenvalue weighted by molar-refractivity contribution is 6.08. The van der Waals surface area contributed by atoms with Gasteiger partial charge in [-0.3, -0.25) is 4.79 Å². The van der Waals surface area contributed by atoms with Crippen LogP contribution in [0.5, 0.6) is 0 Å². The second kappa shape index (κ2) is 4.78. The number of ether oxygens (including phenoxy) is 3. The number of rotatable bonds is 1. The van der Waals surface area contributed by atoms with E-state index >= 15 is 0 Å². The summed E-state index contributed by atoms with van der Waals surface area (Å²) in [7, 11) is 1.64. The largest absolute Gasteiger partial charge is 0.421 e. The number of ketones is 1. The normalized spacial score (nSPS) is 39.4. The van der Waals surface area contributed by atoms with Crippen molar-refractivity contribution in [2.24, 2.45) is 5.92 Å².